The number of likely N-dealkylation sites (tertiary alicyclic amines) is 1. The van der Waals surface area contributed by atoms with E-state index in [1.54, 1.807) is 0 Å². The van der Waals surface area contributed by atoms with Crippen LogP contribution in [0.15, 0.2) is 15.5 Å². The maximum absolute atomic E-state index is 5.56. The van der Waals surface area contributed by atoms with Gasteiger partial charge in [-0.2, -0.15) is 0 Å². The first kappa shape index (κ1) is 19.3. The number of aliphatic imine (C=N–C) groups is 1. The summed E-state index contributed by atoms with van der Waals surface area (Å²) in [6.07, 6.45) is 1.17. The Morgan fingerprint density at radius 2 is 2.27 bits per heavy atom. The number of rotatable bonds is 5. The van der Waals surface area contributed by atoms with E-state index < -0.39 is 0 Å². The zero-order chi connectivity index (χ0) is 15.2. The fourth-order valence-electron chi connectivity index (χ4n) is 2.81. The van der Waals surface area contributed by atoms with Crippen LogP contribution in [-0.2, 0) is 11.3 Å². The molecule has 0 saturated carbocycles. The molecule has 1 saturated heterocycles. The third-order valence-corrected chi connectivity index (χ3v) is 3.94. The number of aryl methyl sites for hydroxylation is 2. The van der Waals surface area contributed by atoms with E-state index in [-0.39, 0.29) is 24.0 Å². The Balaban J connectivity index is 0.00000242. The molecule has 1 aliphatic heterocycles. The molecular weight excluding hydrogens is 393 g/mol. The zero-order valence-electron chi connectivity index (χ0n) is 14.0. The van der Waals surface area contributed by atoms with E-state index in [0.717, 1.165) is 50.3 Å². The smallest absolute Gasteiger partial charge is 0.193 e. The molecule has 1 fully saturated rings. The predicted octanol–water partition coefficient (Wildman–Crippen LogP) is 2.95. The van der Waals surface area contributed by atoms with Gasteiger partial charge in [0.25, 0.3) is 0 Å². The van der Waals surface area contributed by atoms with Crippen LogP contribution in [0.5, 0.6) is 0 Å². The van der Waals surface area contributed by atoms with E-state index in [4.69, 9.17) is 9.15 Å². The lowest BCUT2D eigenvalue weighted by Gasteiger charge is -2.21. The Hall–Kier alpha value is -0.760. The average Bonchev–Trinajstić information content (AvgIpc) is 3.04. The Bertz CT molecular complexity index is 488. The number of ether oxygens (including phenoxy) is 1. The SMILES string of the molecule is CCOCC1CCN(C(=NC)NCc2cc(C)oc2C)C1.I. The van der Waals surface area contributed by atoms with Crippen molar-refractivity contribution in [3.63, 3.8) is 0 Å². The van der Waals surface area contributed by atoms with Crippen molar-refractivity contribution in [1.29, 1.82) is 0 Å². The first-order valence-corrected chi connectivity index (χ1v) is 7.73. The molecule has 1 N–H and O–H groups in total. The minimum absolute atomic E-state index is 0. The highest BCUT2D eigenvalue weighted by molar-refractivity contribution is 14.0. The first-order valence-electron chi connectivity index (χ1n) is 7.73. The van der Waals surface area contributed by atoms with Crippen molar-refractivity contribution in [1.82, 2.24) is 10.2 Å². The Morgan fingerprint density at radius 1 is 1.50 bits per heavy atom. The fraction of sp³-hybridized carbons (Fsp3) is 0.688. The molecule has 2 rings (SSSR count). The van der Waals surface area contributed by atoms with Crippen LogP contribution in [0.4, 0.5) is 0 Å². The summed E-state index contributed by atoms with van der Waals surface area (Å²) in [5.74, 6) is 3.51. The number of hydrogen-bond acceptors (Lipinski definition) is 3. The molecule has 0 aromatic carbocycles. The lowest BCUT2D eigenvalue weighted by atomic mass is 10.1. The van der Waals surface area contributed by atoms with Crippen LogP contribution < -0.4 is 5.32 Å². The third-order valence-electron chi connectivity index (χ3n) is 3.94. The van der Waals surface area contributed by atoms with Gasteiger partial charge in [-0.05, 0) is 33.3 Å². The maximum atomic E-state index is 5.56. The van der Waals surface area contributed by atoms with E-state index in [1.807, 2.05) is 27.8 Å². The predicted molar refractivity (Wildman–Crippen MR) is 100.0 cm³/mol. The van der Waals surface area contributed by atoms with Crippen molar-refractivity contribution in [2.24, 2.45) is 10.9 Å². The molecule has 1 atom stereocenters. The quantitative estimate of drug-likeness (QED) is 0.451. The van der Waals surface area contributed by atoms with Gasteiger partial charge in [-0.25, -0.2) is 0 Å². The highest BCUT2D eigenvalue weighted by atomic mass is 127. The van der Waals surface area contributed by atoms with E-state index in [1.165, 1.54) is 12.0 Å². The summed E-state index contributed by atoms with van der Waals surface area (Å²) in [5, 5.41) is 3.43. The molecule has 0 aliphatic carbocycles. The minimum Gasteiger partial charge on any atom is -0.466 e. The standard InChI is InChI=1S/C16H27N3O2.HI/c1-5-20-11-14-6-7-19(10-14)16(17-4)18-9-15-8-12(2)21-13(15)3;/h8,14H,5-7,9-11H2,1-4H3,(H,17,18);1H. The third kappa shape index (κ3) is 5.15. The zero-order valence-corrected chi connectivity index (χ0v) is 16.3. The lowest BCUT2D eigenvalue weighted by molar-refractivity contribution is 0.114. The van der Waals surface area contributed by atoms with Gasteiger partial charge in [-0.1, -0.05) is 0 Å². The summed E-state index contributed by atoms with van der Waals surface area (Å²) >= 11 is 0. The number of hydrogen-bond donors (Lipinski definition) is 1. The van der Waals surface area contributed by atoms with E-state index in [9.17, 15) is 0 Å². The van der Waals surface area contributed by atoms with Crippen molar-refractivity contribution in [2.45, 2.75) is 33.7 Å². The molecular formula is C16H28IN3O2. The van der Waals surface area contributed by atoms with Crippen LogP contribution in [0.3, 0.4) is 0 Å². The summed E-state index contributed by atoms with van der Waals surface area (Å²) in [7, 11) is 1.84. The molecule has 6 heteroatoms. The molecule has 126 valence electrons. The number of nitrogens with zero attached hydrogens (tertiary/aromatic N) is 2. The molecule has 22 heavy (non-hydrogen) atoms. The summed E-state index contributed by atoms with van der Waals surface area (Å²) in [5.41, 5.74) is 1.19. The molecule has 1 aliphatic rings. The van der Waals surface area contributed by atoms with E-state index >= 15 is 0 Å². The Kier molecular flexibility index (Phi) is 8.24. The van der Waals surface area contributed by atoms with Crippen LogP contribution in [0, 0.1) is 19.8 Å². The summed E-state index contributed by atoms with van der Waals surface area (Å²) < 4.78 is 11.1. The van der Waals surface area contributed by atoms with Gasteiger partial charge in [0.1, 0.15) is 11.5 Å². The summed E-state index contributed by atoms with van der Waals surface area (Å²) in [6.45, 7) is 10.5. The van der Waals surface area contributed by atoms with Gasteiger partial charge in [0.15, 0.2) is 5.96 Å². The van der Waals surface area contributed by atoms with Crippen molar-refractivity contribution in [2.75, 3.05) is 33.4 Å². The molecule has 0 spiro atoms. The molecule has 1 aromatic rings. The molecule has 1 unspecified atom stereocenters. The molecule has 0 amide bonds. The van der Waals surface area contributed by atoms with Crippen molar-refractivity contribution >= 4 is 29.9 Å². The van der Waals surface area contributed by atoms with Crippen LogP contribution >= 0.6 is 24.0 Å². The summed E-state index contributed by atoms with van der Waals surface area (Å²) in [6, 6.07) is 2.08. The molecule has 0 radical (unpaired) electrons. The van der Waals surface area contributed by atoms with Gasteiger partial charge in [0.2, 0.25) is 0 Å². The Labute approximate surface area is 150 Å². The largest absolute Gasteiger partial charge is 0.466 e. The molecule has 5 nitrogen and oxygen atoms in total. The van der Waals surface area contributed by atoms with Crippen LogP contribution in [0.2, 0.25) is 0 Å². The fourth-order valence-corrected chi connectivity index (χ4v) is 2.81. The second-order valence-electron chi connectivity index (χ2n) is 5.60. The van der Waals surface area contributed by atoms with Gasteiger partial charge >= 0.3 is 0 Å². The van der Waals surface area contributed by atoms with Gasteiger partial charge < -0.3 is 19.4 Å². The van der Waals surface area contributed by atoms with Crippen molar-refractivity contribution in [3.8, 4) is 0 Å². The van der Waals surface area contributed by atoms with Gasteiger partial charge in [-0.3, -0.25) is 4.99 Å². The lowest BCUT2D eigenvalue weighted by Crippen LogP contribution is -2.39. The van der Waals surface area contributed by atoms with E-state index in [2.05, 4.69) is 21.3 Å². The number of nitrogens with one attached hydrogen (secondary N) is 1. The van der Waals surface area contributed by atoms with Crippen molar-refractivity contribution in [3.05, 3.63) is 23.2 Å². The van der Waals surface area contributed by atoms with Gasteiger partial charge in [-0.15, -0.1) is 24.0 Å². The highest BCUT2D eigenvalue weighted by Gasteiger charge is 2.24. The summed E-state index contributed by atoms with van der Waals surface area (Å²) in [4.78, 5) is 6.71. The van der Waals surface area contributed by atoms with E-state index in [0.29, 0.717) is 5.92 Å². The topological polar surface area (TPSA) is 50.0 Å². The molecule has 2 heterocycles. The normalized spacial score (nSPS) is 18.5. The maximum Gasteiger partial charge on any atom is 0.193 e. The van der Waals surface area contributed by atoms with Crippen LogP contribution in [0.1, 0.15) is 30.4 Å². The number of halogens is 1. The van der Waals surface area contributed by atoms with Crippen LogP contribution in [-0.4, -0.2) is 44.2 Å². The monoisotopic (exact) mass is 421 g/mol. The van der Waals surface area contributed by atoms with Crippen molar-refractivity contribution < 1.29 is 9.15 Å². The molecule has 0 bridgehead atoms. The number of guanidine groups is 1. The highest BCUT2D eigenvalue weighted by Crippen LogP contribution is 2.17. The first-order chi connectivity index (χ1) is 10.1. The molecule has 1 aromatic heterocycles. The van der Waals surface area contributed by atoms with Gasteiger partial charge in [0.05, 0.1) is 6.61 Å². The minimum atomic E-state index is 0. The average molecular weight is 421 g/mol. The van der Waals surface area contributed by atoms with Crippen LogP contribution in [0.25, 0.3) is 0 Å². The number of furan rings is 1. The second kappa shape index (κ2) is 9.39. The van der Waals surface area contributed by atoms with Gasteiger partial charge in [0, 0.05) is 44.8 Å². The second-order valence-corrected chi connectivity index (χ2v) is 5.60. The Morgan fingerprint density at radius 3 is 2.86 bits per heavy atom.